The van der Waals surface area contributed by atoms with Gasteiger partial charge in [0.25, 0.3) is 0 Å². The average Bonchev–Trinajstić information content (AvgIpc) is 2.26. The van der Waals surface area contributed by atoms with Crippen molar-refractivity contribution in [1.29, 1.82) is 0 Å². The van der Waals surface area contributed by atoms with Crippen LogP contribution in [0.1, 0.15) is 23.1 Å². The molecular weight excluding hydrogens is 233 g/mol. The number of carboxylic acid groups (broad SMARTS) is 1. The van der Waals surface area contributed by atoms with Gasteiger partial charge in [-0.05, 0) is 36.5 Å². The smallest absolute Gasteiger partial charge is 0.416 e. The van der Waals surface area contributed by atoms with E-state index in [4.69, 9.17) is 5.11 Å². The molecule has 1 aromatic carbocycles. The molecule has 1 aliphatic rings. The lowest BCUT2D eigenvalue weighted by Gasteiger charge is -2.24. The first-order chi connectivity index (χ1) is 7.89. The summed E-state index contributed by atoms with van der Waals surface area (Å²) in [7, 11) is 0. The Hall–Kier alpha value is -1.52. The molecule has 0 aliphatic heterocycles. The van der Waals surface area contributed by atoms with Crippen molar-refractivity contribution in [2.75, 3.05) is 0 Å². The van der Waals surface area contributed by atoms with Gasteiger partial charge in [0, 0.05) is 0 Å². The zero-order valence-electron chi connectivity index (χ0n) is 8.92. The molecule has 92 valence electrons. The van der Waals surface area contributed by atoms with Crippen molar-refractivity contribution >= 4 is 5.97 Å². The van der Waals surface area contributed by atoms with Gasteiger partial charge in [0.1, 0.15) is 0 Å². The summed E-state index contributed by atoms with van der Waals surface area (Å²) in [6.07, 6.45) is -3.63. The molecule has 0 amide bonds. The highest BCUT2D eigenvalue weighted by atomic mass is 19.4. The zero-order valence-corrected chi connectivity index (χ0v) is 8.92. The third-order valence-electron chi connectivity index (χ3n) is 3.14. The zero-order chi connectivity index (χ0) is 12.6. The number of hydrogen-bond acceptors (Lipinski definition) is 1. The van der Waals surface area contributed by atoms with Crippen LogP contribution in [0.5, 0.6) is 0 Å². The Bertz CT molecular complexity index is 452. The minimum atomic E-state index is -4.41. The third kappa shape index (κ3) is 2.28. The summed E-state index contributed by atoms with van der Waals surface area (Å²) in [6, 6.07) is 4.04. The molecule has 1 aromatic rings. The fourth-order valence-electron chi connectivity index (χ4n) is 2.26. The van der Waals surface area contributed by atoms with Crippen LogP contribution in [0.25, 0.3) is 0 Å². The molecule has 1 atom stereocenters. The summed E-state index contributed by atoms with van der Waals surface area (Å²) < 4.78 is 38.3. The molecule has 0 heterocycles. The Balaban J connectivity index is 2.43. The molecule has 0 fully saturated rings. The van der Waals surface area contributed by atoms with Gasteiger partial charge in [-0.3, -0.25) is 4.79 Å². The molecule has 0 spiro atoms. The monoisotopic (exact) mass is 244 g/mol. The molecule has 0 saturated heterocycles. The van der Waals surface area contributed by atoms with E-state index in [2.05, 4.69) is 0 Å². The summed E-state index contributed by atoms with van der Waals surface area (Å²) in [5.41, 5.74) is 0.0805. The van der Waals surface area contributed by atoms with Crippen molar-refractivity contribution < 1.29 is 23.1 Å². The SMILES string of the molecule is O=C(O)C1CCc2cccc(C(F)(F)F)c2C1. The van der Waals surface area contributed by atoms with Crippen molar-refractivity contribution in [3.63, 3.8) is 0 Å². The van der Waals surface area contributed by atoms with Crippen LogP contribution < -0.4 is 0 Å². The van der Waals surface area contributed by atoms with Crippen molar-refractivity contribution in [2.45, 2.75) is 25.4 Å². The van der Waals surface area contributed by atoms with Gasteiger partial charge >= 0.3 is 12.1 Å². The second-order valence-electron chi connectivity index (χ2n) is 4.22. The number of aliphatic carboxylic acids is 1. The maximum atomic E-state index is 12.8. The summed E-state index contributed by atoms with van der Waals surface area (Å²) in [6.45, 7) is 0. The number of fused-ring (bicyclic) bond motifs is 1. The van der Waals surface area contributed by atoms with E-state index in [1.807, 2.05) is 0 Å². The van der Waals surface area contributed by atoms with Crippen LogP contribution in [0, 0.1) is 5.92 Å². The number of aryl methyl sites for hydroxylation is 1. The standard InChI is InChI=1S/C12H11F3O2/c13-12(14,15)10-3-1-2-7-4-5-8(11(16)17)6-9(7)10/h1-3,8H,4-6H2,(H,16,17). The van der Waals surface area contributed by atoms with Crippen LogP contribution >= 0.6 is 0 Å². The molecule has 0 radical (unpaired) electrons. The van der Waals surface area contributed by atoms with Crippen LogP contribution in [0.3, 0.4) is 0 Å². The minimum Gasteiger partial charge on any atom is -0.481 e. The summed E-state index contributed by atoms with van der Waals surface area (Å²) >= 11 is 0. The van der Waals surface area contributed by atoms with Crippen LogP contribution in [0.15, 0.2) is 18.2 Å². The van der Waals surface area contributed by atoms with Gasteiger partial charge in [-0.1, -0.05) is 12.1 Å². The first-order valence-corrected chi connectivity index (χ1v) is 5.30. The minimum absolute atomic E-state index is 0.0274. The van der Waals surface area contributed by atoms with Crippen molar-refractivity contribution in [2.24, 2.45) is 5.92 Å². The largest absolute Gasteiger partial charge is 0.481 e. The van der Waals surface area contributed by atoms with E-state index in [1.54, 1.807) is 6.07 Å². The molecule has 1 N–H and O–H groups in total. The normalized spacial score (nSPS) is 19.8. The van der Waals surface area contributed by atoms with E-state index in [9.17, 15) is 18.0 Å². The van der Waals surface area contributed by atoms with Gasteiger partial charge in [-0.25, -0.2) is 0 Å². The summed E-state index contributed by atoms with van der Waals surface area (Å²) in [5, 5.41) is 8.88. The highest BCUT2D eigenvalue weighted by molar-refractivity contribution is 5.71. The number of halogens is 3. The summed E-state index contributed by atoms with van der Waals surface area (Å²) in [5.74, 6) is -1.72. The topological polar surface area (TPSA) is 37.3 Å². The number of hydrogen-bond donors (Lipinski definition) is 1. The van der Waals surface area contributed by atoms with E-state index >= 15 is 0 Å². The predicted octanol–water partition coefficient (Wildman–Crippen LogP) is 2.89. The van der Waals surface area contributed by atoms with E-state index in [-0.39, 0.29) is 12.0 Å². The highest BCUT2D eigenvalue weighted by Crippen LogP contribution is 2.37. The number of alkyl halides is 3. The molecule has 5 heteroatoms. The number of carbonyl (C=O) groups is 1. The average molecular weight is 244 g/mol. The quantitative estimate of drug-likeness (QED) is 0.824. The molecule has 1 unspecified atom stereocenters. The van der Waals surface area contributed by atoms with Gasteiger partial charge in [-0.2, -0.15) is 13.2 Å². The Labute approximate surface area is 96.1 Å². The first-order valence-electron chi connectivity index (χ1n) is 5.30. The van der Waals surface area contributed by atoms with Gasteiger partial charge < -0.3 is 5.11 Å². The van der Waals surface area contributed by atoms with Crippen molar-refractivity contribution in [3.05, 3.63) is 34.9 Å². The first kappa shape index (κ1) is 12.0. The van der Waals surface area contributed by atoms with Gasteiger partial charge in [0.05, 0.1) is 11.5 Å². The number of carboxylic acids is 1. The van der Waals surface area contributed by atoms with Crippen LogP contribution in [0.2, 0.25) is 0 Å². The third-order valence-corrected chi connectivity index (χ3v) is 3.14. The molecule has 0 bridgehead atoms. The Morgan fingerprint density at radius 3 is 2.65 bits per heavy atom. The van der Waals surface area contributed by atoms with E-state index in [1.165, 1.54) is 6.07 Å². The van der Waals surface area contributed by atoms with Crippen molar-refractivity contribution in [1.82, 2.24) is 0 Å². The summed E-state index contributed by atoms with van der Waals surface area (Å²) in [4.78, 5) is 10.8. The molecule has 2 nitrogen and oxygen atoms in total. The number of rotatable bonds is 1. The lowest BCUT2D eigenvalue weighted by Crippen LogP contribution is -2.24. The molecule has 0 aromatic heterocycles. The second kappa shape index (κ2) is 4.05. The van der Waals surface area contributed by atoms with Gasteiger partial charge in [0.2, 0.25) is 0 Å². The maximum absolute atomic E-state index is 12.8. The van der Waals surface area contributed by atoms with Crippen LogP contribution in [-0.4, -0.2) is 11.1 Å². The number of benzene rings is 1. The molecular formula is C12H11F3O2. The van der Waals surface area contributed by atoms with Gasteiger partial charge in [-0.15, -0.1) is 0 Å². The Morgan fingerprint density at radius 2 is 2.06 bits per heavy atom. The Morgan fingerprint density at radius 1 is 1.35 bits per heavy atom. The second-order valence-corrected chi connectivity index (χ2v) is 4.22. The molecule has 1 aliphatic carbocycles. The van der Waals surface area contributed by atoms with E-state index in [0.717, 1.165) is 6.07 Å². The predicted molar refractivity (Wildman–Crippen MR) is 54.6 cm³/mol. The lowest BCUT2D eigenvalue weighted by molar-refractivity contribution is -0.143. The van der Waals surface area contributed by atoms with Gasteiger partial charge in [0.15, 0.2) is 0 Å². The van der Waals surface area contributed by atoms with E-state index < -0.39 is 23.6 Å². The molecule has 17 heavy (non-hydrogen) atoms. The van der Waals surface area contributed by atoms with Crippen molar-refractivity contribution in [3.8, 4) is 0 Å². The van der Waals surface area contributed by atoms with Crippen LogP contribution in [0.4, 0.5) is 13.2 Å². The fraction of sp³-hybridized carbons (Fsp3) is 0.417. The van der Waals surface area contributed by atoms with Crippen LogP contribution in [-0.2, 0) is 23.8 Å². The fourth-order valence-corrected chi connectivity index (χ4v) is 2.26. The molecule has 2 rings (SSSR count). The van der Waals surface area contributed by atoms with E-state index in [0.29, 0.717) is 18.4 Å². The highest BCUT2D eigenvalue weighted by Gasteiger charge is 2.36. The maximum Gasteiger partial charge on any atom is 0.416 e. The Kier molecular flexibility index (Phi) is 2.85. The molecule has 0 saturated carbocycles. The lowest BCUT2D eigenvalue weighted by atomic mass is 9.81.